The SMILES string of the molecule is CC/C=C\C/C=C\C/C=C\C/C=C\C/C=C\CCCCCCCCCCCCCCCCCCCCCCCCCCCC(=O)NC(COC1OC(CO)C(O)C(O)C1O)C(O)/C=C/CCCCCCCCCCCCCC. The number of amides is 1. The van der Waals surface area contributed by atoms with Crippen LogP contribution in [-0.2, 0) is 14.3 Å². The number of allylic oxidation sites excluding steroid dienone is 11. The van der Waals surface area contributed by atoms with Crippen molar-refractivity contribution in [1.29, 1.82) is 0 Å². The minimum atomic E-state index is -1.57. The zero-order chi connectivity index (χ0) is 56.5. The summed E-state index contributed by atoms with van der Waals surface area (Å²) in [6.07, 6.45) is 74.4. The third-order valence-electron chi connectivity index (χ3n) is 15.5. The molecular formula is C69H125NO8. The fourth-order valence-corrected chi connectivity index (χ4v) is 10.4. The molecule has 9 nitrogen and oxygen atoms in total. The third kappa shape index (κ3) is 46.3. The summed E-state index contributed by atoms with van der Waals surface area (Å²) in [7, 11) is 0. The number of rotatable bonds is 57. The summed E-state index contributed by atoms with van der Waals surface area (Å²) in [5.74, 6) is -0.173. The predicted molar refractivity (Wildman–Crippen MR) is 332 cm³/mol. The van der Waals surface area contributed by atoms with Crippen LogP contribution in [0, 0.1) is 0 Å². The van der Waals surface area contributed by atoms with E-state index in [4.69, 9.17) is 9.47 Å². The van der Waals surface area contributed by atoms with E-state index in [-0.39, 0.29) is 12.5 Å². The van der Waals surface area contributed by atoms with Crippen LogP contribution in [0.3, 0.4) is 0 Å². The molecule has 7 unspecified atom stereocenters. The molecule has 9 heteroatoms. The first kappa shape index (κ1) is 73.6. The van der Waals surface area contributed by atoms with Gasteiger partial charge in [0.2, 0.25) is 5.91 Å². The summed E-state index contributed by atoms with van der Waals surface area (Å²) in [5, 5.41) is 54.5. The fraction of sp³-hybridized carbons (Fsp3) is 0.812. The van der Waals surface area contributed by atoms with E-state index in [9.17, 15) is 30.3 Å². The van der Waals surface area contributed by atoms with Gasteiger partial charge in [-0.3, -0.25) is 4.79 Å². The van der Waals surface area contributed by atoms with E-state index >= 15 is 0 Å². The van der Waals surface area contributed by atoms with Crippen molar-refractivity contribution in [3.63, 3.8) is 0 Å². The summed E-state index contributed by atoms with van der Waals surface area (Å²) < 4.78 is 11.3. The maximum absolute atomic E-state index is 13.1. The van der Waals surface area contributed by atoms with Crippen LogP contribution in [0.25, 0.3) is 0 Å². The van der Waals surface area contributed by atoms with Gasteiger partial charge >= 0.3 is 0 Å². The van der Waals surface area contributed by atoms with Crippen LogP contribution < -0.4 is 5.32 Å². The smallest absolute Gasteiger partial charge is 0.220 e. The Morgan fingerprint density at radius 3 is 1.18 bits per heavy atom. The van der Waals surface area contributed by atoms with Crippen molar-refractivity contribution in [1.82, 2.24) is 5.32 Å². The number of ether oxygens (including phenoxy) is 2. The molecule has 0 aromatic rings. The molecule has 1 rings (SSSR count). The van der Waals surface area contributed by atoms with E-state index < -0.39 is 49.5 Å². The first-order valence-electron chi connectivity index (χ1n) is 33.2. The number of carbonyl (C=O) groups is 1. The summed E-state index contributed by atoms with van der Waals surface area (Å²) in [6.45, 7) is 3.68. The van der Waals surface area contributed by atoms with Gasteiger partial charge in [0.15, 0.2) is 6.29 Å². The minimum absolute atomic E-state index is 0.173. The Kier molecular flexibility index (Phi) is 54.6. The van der Waals surface area contributed by atoms with Gasteiger partial charge < -0.3 is 40.3 Å². The van der Waals surface area contributed by atoms with Crippen molar-refractivity contribution >= 4 is 5.91 Å². The molecule has 6 N–H and O–H groups in total. The second kappa shape index (κ2) is 57.8. The molecule has 78 heavy (non-hydrogen) atoms. The third-order valence-corrected chi connectivity index (χ3v) is 15.5. The minimum Gasteiger partial charge on any atom is -0.394 e. The Labute approximate surface area is 480 Å². The van der Waals surface area contributed by atoms with Crippen LogP contribution in [0.4, 0.5) is 0 Å². The molecule has 0 bridgehead atoms. The lowest BCUT2D eigenvalue weighted by Crippen LogP contribution is -2.60. The second-order valence-corrected chi connectivity index (χ2v) is 22.9. The first-order chi connectivity index (χ1) is 38.3. The van der Waals surface area contributed by atoms with Gasteiger partial charge in [-0.2, -0.15) is 0 Å². The highest BCUT2D eigenvalue weighted by atomic mass is 16.7. The van der Waals surface area contributed by atoms with Crippen LogP contribution in [0.5, 0.6) is 0 Å². The topological polar surface area (TPSA) is 149 Å². The summed E-state index contributed by atoms with van der Waals surface area (Å²) in [4.78, 5) is 13.1. The molecule has 1 fully saturated rings. The number of carbonyl (C=O) groups excluding carboxylic acids is 1. The van der Waals surface area contributed by atoms with Gasteiger partial charge in [0.05, 0.1) is 25.4 Å². The maximum Gasteiger partial charge on any atom is 0.220 e. The molecule has 7 atom stereocenters. The van der Waals surface area contributed by atoms with Crippen LogP contribution >= 0.6 is 0 Å². The largest absolute Gasteiger partial charge is 0.394 e. The lowest BCUT2D eigenvalue weighted by atomic mass is 9.99. The molecule has 0 aromatic carbocycles. The highest BCUT2D eigenvalue weighted by Crippen LogP contribution is 2.23. The van der Waals surface area contributed by atoms with Gasteiger partial charge in [0, 0.05) is 6.42 Å². The molecule has 1 heterocycles. The van der Waals surface area contributed by atoms with E-state index in [0.29, 0.717) is 6.42 Å². The van der Waals surface area contributed by atoms with Gasteiger partial charge in [-0.25, -0.2) is 0 Å². The molecule has 0 aliphatic carbocycles. The number of unbranched alkanes of at least 4 members (excludes halogenated alkanes) is 37. The van der Waals surface area contributed by atoms with Gasteiger partial charge in [0.1, 0.15) is 24.4 Å². The Morgan fingerprint density at radius 1 is 0.449 bits per heavy atom. The highest BCUT2D eigenvalue weighted by molar-refractivity contribution is 5.76. The van der Waals surface area contributed by atoms with Crippen molar-refractivity contribution in [2.24, 2.45) is 0 Å². The van der Waals surface area contributed by atoms with Crippen molar-refractivity contribution in [3.05, 3.63) is 72.9 Å². The second-order valence-electron chi connectivity index (χ2n) is 22.9. The number of hydrogen-bond donors (Lipinski definition) is 6. The average Bonchev–Trinajstić information content (AvgIpc) is 3.46. The number of nitrogens with one attached hydrogen (secondary N) is 1. The fourth-order valence-electron chi connectivity index (χ4n) is 10.4. The van der Waals surface area contributed by atoms with E-state index in [1.807, 2.05) is 6.08 Å². The number of aliphatic hydroxyl groups is 5. The zero-order valence-corrected chi connectivity index (χ0v) is 50.7. The van der Waals surface area contributed by atoms with Crippen molar-refractivity contribution in [2.45, 2.75) is 346 Å². The standard InChI is InChI=1S/C69H125NO8/c1-3-5-7-9-11-13-15-17-19-20-21-22-23-24-25-26-27-28-29-30-31-32-33-34-35-36-37-38-39-40-41-42-43-44-45-47-49-51-53-55-57-59-65(73)70-62(61-77-69-68(76)67(75)66(74)64(60-71)78-69)63(72)58-56-54-52-50-48-46-18-16-14-12-10-8-6-4-2/h5,7,11,13,17,19,21-22,24-25,56,58,62-64,66-69,71-72,74-76H,3-4,6,8-10,12,14-16,18,20,23,26-55,57,59-61H2,1-2H3,(H,70,73)/b7-5-,13-11-,19-17-,22-21-,25-24-,58-56+. The number of hydrogen-bond acceptors (Lipinski definition) is 8. The van der Waals surface area contributed by atoms with Crippen LogP contribution in [0.15, 0.2) is 72.9 Å². The summed E-state index contributed by atoms with van der Waals surface area (Å²) >= 11 is 0. The van der Waals surface area contributed by atoms with Crippen molar-refractivity contribution in [2.75, 3.05) is 13.2 Å². The first-order valence-corrected chi connectivity index (χ1v) is 33.2. The summed E-state index contributed by atoms with van der Waals surface area (Å²) in [6, 6.07) is -0.804. The quantitative estimate of drug-likeness (QED) is 0.0261. The molecule has 454 valence electrons. The average molecular weight is 1100 g/mol. The predicted octanol–water partition coefficient (Wildman–Crippen LogP) is 17.6. The normalized spacial score (nSPS) is 19.1. The molecule has 1 amide bonds. The molecule has 1 aliphatic rings. The van der Waals surface area contributed by atoms with Gasteiger partial charge in [-0.15, -0.1) is 0 Å². The molecular weight excluding hydrogens is 971 g/mol. The molecule has 0 aromatic heterocycles. The highest BCUT2D eigenvalue weighted by Gasteiger charge is 2.44. The van der Waals surface area contributed by atoms with E-state index in [0.717, 1.165) is 70.6 Å². The molecule has 0 radical (unpaired) electrons. The lowest BCUT2D eigenvalue weighted by Gasteiger charge is -2.40. The van der Waals surface area contributed by atoms with Gasteiger partial charge in [-0.1, -0.05) is 305 Å². The molecule has 0 spiro atoms. The van der Waals surface area contributed by atoms with E-state index in [1.54, 1.807) is 6.08 Å². The van der Waals surface area contributed by atoms with Crippen LogP contribution in [0.1, 0.15) is 303 Å². The van der Waals surface area contributed by atoms with Crippen molar-refractivity contribution < 1.29 is 39.8 Å². The Morgan fingerprint density at radius 2 is 0.795 bits per heavy atom. The van der Waals surface area contributed by atoms with E-state index in [2.05, 4.69) is 79.9 Å². The maximum atomic E-state index is 13.1. The number of aliphatic hydroxyl groups excluding tert-OH is 5. The zero-order valence-electron chi connectivity index (χ0n) is 50.7. The Hall–Kier alpha value is -2.37. The molecule has 1 aliphatic heterocycles. The lowest BCUT2D eigenvalue weighted by molar-refractivity contribution is -0.302. The molecule has 0 saturated carbocycles. The van der Waals surface area contributed by atoms with Crippen LogP contribution in [-0.4, -0.2) is 87.5 Å². The van der Waals surface area contributed by atoms with Gasteiger partial charge in [-0.05, 0) is 64.2 Å². The monoisotopic (exact) mass is 1100 g/mol. The Balaban J connectivity index is 2.03. The Bertz CT molecular complexity index is 1460. The summed E-state index contributed by atoms with van der Waals surface area (Å²) in [5.41, 5.74) is 0. The van der Waals surface area contributed by atoms with Crippen molar-refractivity contribution in [3.8, 4) is 0 Å². The van der Waals surface area contributed by atoms with Crippen LogP contribution in [0.2, 0.25) is 0 Å². The van der Waals surface area contributed by atoms with E-state index in [1.165, 1.54) is 212 Å². The van der Waals surface area contributed by atoms with Gasteiger partial charge in [0.25, 0.3) is 0 Å². The molecule has 1 saturated heterocycles.